The lowest BCUT2D eigenvalue weighted by Crippen LogP contribution is -2.36. The van der Waals surface area contributed by atoms with Gasteiger partial charge in [0.1, 0.15) is 19.0 Å². The maximum absolute atomic E-state index is 12.4. The van der Waals surface area contributed by atoms with Gasteiger partial charge in [0, 0.05) is 6.04 Å². The topological polar surface area (TPSA) is 67.2 Å². The van der Waals surface area contributed by atoms with Gasteiger partial charge in [-0.1, -0.05) is 37.8 Å². The third-order valence-electron chi connectivity index (χ3n) is 4.40. The first kappa shape index (κ1) is 15.0. The highest BCUT2D eigenvalue weighted by molar-refractivity contribution is 5.81. The van der Waals surface area contributed by atoms with E-state index in [0.29, 0.717) is 11.9 Å². The second kappa shape index (κ2) is 6.92. The second-order valence-corrected chi connectivity index (χ2v) is 6.02. The molecule has 2 N–H and O–H groups in total. The van der Waals surface area contributed by atoms with Gasteiger partial charge in [0.2, 0.25) is 5.91 Å². The Bertz CT molecular complexity index is 642. The minimum absolute atomic E-state index is 0.00440. The fourth-order valence-electron chi connectivity index (χ4n) is 3.26. The number of amides is 1. The monoisotopic (exact) mass is 301 g/mol. The van der Waals surface area contributed by atoms with Gasteiger partial charge in [0.15, 0.2) is 0 Å². The molecule has 5 nitrogen and oxygen atoms in total. The quantitative estimate of drug-likeness (QED) is 0.852. The highest BCUT2D eigenvalue weighted by Gasteiger charge is 2.17. The van der Waals surface area contributed by atoms with Crippen LogP contribution in [-0.2, 0) is 17.9 Å². The van der Waals surface area contributed by atoms with E-state index in [-0.39, 0.29) is 19.1 Å². The van der Waals surface area contributed by atoms with E-state index in [9.17, 15) is 9.90 Å². The number of aliphatic hydroxyl groups excluding tert-OH is 1. The van der Waals surface area contributed by atoms with Crippen LogP contribution in [0.15, 0.2) is 24.3 Å². The number of hydrogen-bond acceptors (Lipinski definition) is 3. The lowest BCUT2D eigenvalue weighted by molar-refractivity contribution is -0.122. The molecule has 5 heteroatoms. The summed E-state index contributed by atoms with van der Waals surface area (Å²) in [7, 11) is 0. The number of hydrogen-bond donors (Lipinski definition) is 2. The molecule has 0 radical (unpaired) electrons. The summed E-state index contributed by atoms with van der Waals surface area (Å²) < 4.78 is 1.81. The summed E-state index contributed by atoms with van der Waals surface area (Å²) in [5.74, 6) is 0.543. The molecule has 1 amide bonds. The number of rotatable bonds is 4. The third-order valence-corrected chi connectivity index (χ3v) is 4.40. The van der Waals surface area contributed by atoms with Gasteiger partial charge in [0.25, 0.3) is 0 Å². The third kappa shape index (κ3) is 3.30. The molecule has 0 aliphatic heterocycles. The number of nitrogens with one attached hydrogen (secondary N) is 1. The van der Waals surface area contributed by atoms with E-state index in [4.69, 9.17) is 0 Å². The number of carbonyl (C=O) groups is 1. The van der Waals surface area contributed by atoms with Crippen molar-refractivity contribution in [1.29, 1.82) is 0 Å². The van der Waals surface area contributed by atoms with Crippen LogP contribution >= 0.6 is 0 Å². The molecule has 0 bridgehead atoms. The Hall–Kier alpha value is -1.88. The van der Waals surface area contributed by atoms with Crippen LogP contribution in [0.4, 0.5) is 0 Å². The molecule has 0 spiro atoms. The minimum atomic E-state index is -0.161. The fraction of sp³-hybridized carbons (Fsp3) is 0.529. The smallest absolute Gasteiger partial charge is 0.240 e. The Morgan fingerprint density at radius 3 is 2.68 bits per heavy atom. The Morgan fingerprint density at radius 2 is 1.95 bits per heavy atom. The van der Waals surface area contributed by atoms with E-state index < -0.39 is 0 Å². The molecule has 0 atom stereocenters. The van der Waals surface area contributed by atoms with Gasteiger partial charge in [0.05, 0.1) is 11.0 Å². The lowest BCUT2D eigenvalue weighted by Gasteiger charge is -2.17. The summed E-state index contributed by atoms with van der Waals surface area (Å²) in [6.07, 6.45) is 7.08. The Kier molecular flexibility index (Phi) is 4.73. The molecule has 1 aliphatic rings. The summed E-state index contributed by atoms with van der Waals surface area (Å²) in [4.78, 5) is 16.7. The van der Waals surface area contributed by atoms with E-state index in [1.54, 1.807) is 4.57 Å². The van der Waals surface area contributed by atoms with Gasteiger partial charge in [-0.05, 0) is 25.0 Å². The van der Waals surface area contributed by atoms with Crippen LogP contribution in [-0.4, -0.2) is 26.6 Å². The molecule has 0 unspecified atom stereocenters. The zero-order valence-electron chi connectivity index (χ0n) is 12.8. The molecule has 0 saturated heterocycles. The molecule has 1 aromatic heterocycles. The van der Waals surface area contributed by atoms with Crippen molar-refractivity contribution in [2.75, 3.05) is 0 Å². The largest absolute Gasteiger partial charge is 0.388 e. The van der Waals surface area contributed by atoms with E-state index in [0.717, 1.165) is 23.9 Å². The molecule has 22 heavy (non-hydrogen) atoms. The molecular formula is C17H23N3O2. The van der Waals surface area contributed by atoms with E-state index >= 15 is 0 Å². The van der Waals surface area contributed by atoms with Crippen molar-refractivity contribution < 1.29 is 9.90 Å². The summed E-state index contributed by atoms with van der Waals surface area (Å²) >= 11 is 0. The van der Waals surface area contributed by atoms with Crippen LogP contribution in [0.25, 0.3) is 11.0 Å². The summed E-state index contributed by atoms with van der Waals surface area (Å²) in [6, 6.07) is 7.95. The van der Waals surface area contributed by atoms with E-state index in [1.807, 2.05) is 24.3 Å². The fourth-order valence-corrected chi connectivity index (χ4v) is 3.26. The Balaban J connectivity index is 1.73. The van der Waals surface area contributed by atoms with Gasteiger partial charge >= 0.3 is 0 Å². The Morgan fingerprint density at radius 1 is 1.23 bits per heavy atom. The maximum Gasteiger partial charge on any atom is 0.240 e. The first-order valence-electron chi connectivity index (χ1n) is 8.12. The Labute approximate surface area is 130 Å². The predicted octanol–water partition coefficient (Wildman–Crippen LogP) is 2.37. The van der Waals surface area contributed by atoms with Crippen LogP contribution in [0.3, 0.4) is 0 Å². The second-order valence-electron chi connectivity index (χ2n) is 6.02. The van der Waals surface area contributed by atoms with Gasteiger partial charge in [-0.15, -0.1) is 0 Å². The number of benzene rings is 1. The van der Waals surface area contributed by atoms with Gasteiger partial charge < -0.3 is 15.0 Å². The van der Waals surface area contributed by atoms with Crippen LogP contribution in [0.1, 0.15) is 44.3 Å². The number of para-hydroxylation sites is 2. The number of imidazole rings is 1. The molecule has 1 aromatic carbocycles. The number of aliphatic hydroxyl groups is 1. The summed E-state index contributed by atoms with van der Waals surface area (Å²) in [5, 5.41) is 12.6. The van der Waals surface area contributed by atoms with E-state index in [2.05, 4.69) is 10.3 Å². The molecule has 3 rings (SSSR count). The summed E-state index contributed by atoms with van der Waals surface area (Å²) in [5.41, 5.74) is 1.70. The van der Waals surface area contributed by atoms with Crippen molar-refractivity contribution >= 4 is 16.9 Å². The molecular weight excluding hydrogens is 278 g/mol. The summed E-state index contributed by atoms with van der Waals surface area (Å²) in [6.45, 7) is 0.0539. The normalized spacial score (nSPS) is 16.6. The minimum Gasteiger partial charge on any atom is -0.388 e. The zero-order valence-corrected chi connectivity index (χ0v) is 12.8. The van der Waals surface area contributed by atoms with Crippen LogP contribution < -0.4 is 5.32 Å². The van der Waals surface area contributed by atoms with Crippen LogP contribution in [0, 0.1) is 0 Å². The van der Waals surface area contributed by atoms with Gasteiger partial charge in [-0.3, -0.25) is 4.79 Å². The number of nitrogens with zero attached hydrogens (tertiary/aromatic N) is 2. The van der Waals surface area contributed by atoms with Crippen molar-refractivity contribution in [3.63, 3.8) is 0 Å². The van der Waals surface area contributed by atoms with Crippen LogP contribution in [0.5, 0.6) is 0 Å². The van der Waals surface area contributed by atoms with Crippen molar-refractivity contribution in [2.24, 2.45) is 0 Å². The van der Waals surface area contributed by atoms with Gasteiger partial charge in [-0.2, -0.15) is 0 Å². The highest BCUT2D eigenvalue weighted by atomic mass is 16.3. The molecule has 1 saturated carbocycles. The lowest BCUT2D eigenvalue weighted by atomic mass is 10.1. The zero-order chi connectivity index (χ0) is 15.4. The predicted molar refractivity (Wildman–Crippen MR) is 85.3 cm³/mol. The van der Waals surface area contributed by atoms with Crippen molar-refractivity contribution in [2.45, 2.75) is 57.7 Å². The molecule has 118 valence electrons. The van der Waals surface area contributed by atoms with Crippen molar-refractivity contribution in [3.05, 3.63) is 30.1 Å². The first-order chi connectivity index (χ1) is 10.8. The number of aromatic nitrogens is 2. The SMILES string of the molecule is O=C(Cn1c(CO)nc2ccccc21)NC1CCCCCC1. The molecule has 2 aromatic rings. The first-order valence-corrected chi connectivity index (χ1v) is 8.12. The van der Waals surface area contributed by atoms with Crippen molar-refractivity contribution in [1.82, 2.24) is 14.9 Å². The average molecular weight is 301 g/mol. The number of carbonyl (C=O) groups excluding carboxylic acids is 1. The highest BCUT2D eigenvalue weighted by Crippen LogP contribution is 2.18. The average Bonchev–Trinajstić information content (AvgIpc) is 2.69. The van der Waals surface area contributed by atoms with Crippen LogP contribution in [0.2, 0.25) is 0 Å². The van der Waals surface area contributed by atoms with Gasteiger partial charge in [-0.25, -0.2) is 4.98 Å². The van der Waals surface area contributed by atoms with Crippen molar-refractivity contribution in [3.8, 4) is 0 Å². The molecule has 1 aliphatic carbocycles. The van der Waals surface area contributed by atoms with E-state index in [1.165, 1.54) is 25.7 Å². The standard InChI is InChI=1S/C17H23N3O2/c21-12-16-19-14-9-5-6-10-15(14)20(16)11-17(22)18-13-7-3-1-2-4-8-13/h5-6,9-10,13,21H,1-4,7-8,11-12H2,(H,18,22). The maximum atomic E-state index is 12.4. The molecule has 1 heterocycles. The molecule has 1 fully saturated rings. The number of fused-ring (bicyclic) bond motifs is 1.